The summed E-state index contributed by atoms with van der Waals surface area (Å²) in [6.45, 7) is 0. The Morgan fingerprint density at radius 1 is 0.298 bits per heavy atom. The van der Waals surface area contributed by atoms with Crippen molar-refractivity contribution >= 4 is 87.1 Å². The van der Waals surface area contributed by atoms with Crippen molar-refractivity contribution in [2.45, 2.75) is 0 Å². The molecule has 0 aliphatic heterocycles. The lowest BCUT2D eigenvalue weighted by atomic mass is 9.89. The lowest BCUT2D eigenvalue weighted by Crippen LogP contribution is -1.98. The van der Waals surface area contributed by atoms with Gasteiger partial charge in [-0.15, -0.1) is 0 Å². The number of hydrogen-bond acceptors (Lipinski definition) is 1. The van der Waals surface area contributed by atoms with Gasteiger partial charge in [-0.25, -0.2) is 0 Å². The molecule has 0 fully saturated rings. The molecule has 3 aromatic heterocycles. The molecule has 57 heavy (non-hydrogen) atoms. The molecule has 0 saturated carbocycles. The molecule has 13 aromatic rings. The predicted molar refractivity (Wildman–Crippen MR) is 239 cm³/mol. The van der Waals surface area contributed by atoms with Gasteiger partial charge in [0, 0.05) is 43.6 Å². The first kappa shape index (κ1) is 30.7. The van der Waals surface area contributed by atoms with Gasteiger partial charge in [0.25, 0.3) is 0 Å². The largest absolute Gasteiger partial charge is 0.456 e. The molecule has 0 saturated heterocycles. The van der Waals surface area contributed by atoms with Gasteiger partial charge in [0.1, 0.15) is 11.2 Å². The summed E-state index contributed by atoms with van der Waals surface area (Å²) < 4.78 is 11.2. The summed E-state index contributed by atoms with van der Waals surface area (Å²) in [5.74, 6) is 0. The third-order valence-corrected chi connectivity index (χ3v) is 12.3. The van der Waals surface area contributed by atoms with E-state index >= 15 is 0 Å². The highest BCUT2D eigenvalue weighted by Crippen LogP contribution is 2.47. The van der Waals surface area contributed by atoms with Crippen molar-refractivity contribution in [3.05, 3.63) is 194 Å². The highest BCUT2D eigenvalue weighted by molar-refractivity contribution is 6.35. The van der Waals surface area contributed by atoms with Crippen molar-refractivity contribution in [1.82, 2.24) is 9.13 Å². The van der Waals surface area contributed by atoms with E-state index in [9.17, 15) is 0 Å². The van der Waals surface area contributed by atoms with Crippen molar-refractivity contribution in [3.63, 3.8) is 0 Å². The molecule has 0 bridgehead atoms. The van der Waals surface area contributed by atoms with Crippen molar-refractivity contribution in [1.29, 1.82) is 0 Å². The van der Waals surface area contributed by atoms with Gasteiger partial charge in [-0.2, -0.15) is 0 Å². The molecule has 3 heterocycles. The van der Waals surface area contributed by atoms with Gasteiger partial charge in [0.15, 0.2) is 0 Å². The number of para-hydroxylation sites is 4. The fourth-order valence-electron chi connectivity index (χ4n) is 9.91. The van der Waals surface area contributed by atoms with Crippen LogP contribution in [0.5, 0.6) is 0 Å². The average molecular weight is 725 g/mol. The molecule has 0 unspecified atom stereocenters. The van der Waals surface area contributed by atoms with E-state index in [1.54, 1.807) is 0 Å². The summed E-state index contributed by atoms with van der Waals surface area (Å²) in [6, 6.07) is 70.8. The lowest BCUT2D eigenvalue weighted by molar-refractivity contribution is 0.669. The molecule has 0 radical (unpaired) electrons. The van der Waals surface area contributed by atoms with Crippen LogP contribution in [0.25, 0.3) is 121 Å². The molecule has 3 heteroatoms. The van der Waals surface area contributed by atoms with Crippen LogP contribution in [0.2, 0.25) is 0 Å². The molecule has 0 N–H and O–H groups in total. The molecule has 264 valence electrons. The quantitative estimate of drug-likeness (QED) is 0.166. The lowest BCUT2D eigenvalue weighted by Gasteiger charge is -2.17. The highest BCUT2D eigenvalue weighted by atomic mass is 16.3. The number of rotatable bonds is 4. The van der Waals surface area contributed by atoms with Crippen molar-refractivity contribution in [2.75, 3.05) is 0 Å². The summed E-state index contributed by atoms with van der Waals surface area (Å²) in [5, 5.41) is 12.3. The van der Waals surface area contributed by atoms with Crippen LogP contribution < -0.4 is 0 Å². The zero-order valence-corrected chi connectivity index (χ0v) is 30.8. The summed E-state index contributed by atoms with van der Waals surface area (Å²) in [6.07, 6.45) is 0. The van der Waals surface area contributed by atoms with Gasteiger partial charge in [0.05, 0.1) is 27.8 Å². The normalized spacial score (nSPS) is 12.2. The second-order valence-electron chi connectivity index (χ2n) is 15.2. The Kier molecular flexibility index (Phi) is 6.16. The third-order valence-electron chi connectivity index (χ3n) is 12.3. The van der Waals surface area contributed by atoms with E-state index in [-0.39, 0.29) is 0 Å². The maximum absolute atomic E-state index is 6.41. The SMILES string of the molecule is c1ccc(-n2c3ccccc3c3cc(-c4ccc5c(c4)c4ccccc4n5-c4ccccc4-c4cccc5c6cccc7oc8cccc(c45)c8c76)ccc32)cc1. The van der Waals surface area contributed by atoms with E-state index < -0.39 is 0 Å². The van der Waals surface area contributed by atoms with Gasteiger partial charge in [-0.3, -0.25) is 0 Å². The van der Waals surface area contributed by atoms with Crippen LogP contribution in [0.1, 0.15) is 0 Å². The van der Waals surface area contributed by atoms with Gasteiger partial charge >= 0.3 is 0 Å². The fourth-order valence-corrected chi connectivity index (χ4v) is 9.91. The van der Waals surface area contributed by atoms with Crippen LogP contribution in [0, 0.1) is 0 Å². The highest BCUT2D eigenvalue weighted by Gasteiger charge is 2.22. The number of furan rings is 1. The van der Waals surface area contributed by atoms with Crippen LogP contribution in [-0.2, 0) is 0 Å². The number of aromatic nitrogens is 2. The average Bonchev–Trinajstić information content (AvgIpc) is 3.94. The molecule has 0 atom stereocenters. The third kappa shape index (κ3) is 4.20. The van der Waals surface area contributed by atoms with Crippen molar-refractivity contribution in [2.24, 2.45) is 0 Å². The molecule has 3 nitrogen and oxygen atoms in total. The van der Waals surface area contributed by atoms with E-state index in [0.717, 1.165) is 16.9 Å². The Bertz CT molecular complexity index is 3750. The summed E-state index contributed by atoms with van der Waals surface area (Å²) in [5.41, 5.74) is 13.8. The van der Waals surface area contributed by atoms with E-state index in [0.29, 0.717) is 0 Å². The number of nitrogens with zero attached hydrogens (tertiary/aromatic N) is 2. The minimum atomic E-state index is 0.933. The predicted octanol–water partition coefficient (Wildman–Crippen LogP) is 14.9. The second kappa shape index (κ2) is 11.5. The van der Waals surface area contributed by atoms with E-state index in [2.05, 4.69) is 203 Å². The molecular formula is C54H32N2O. The first-order chi connectivity index (χ1) is 28.3. The zero-order valence-electron chi connectivity index (χ0n) is 30.8. The molecule has 0 aliphatic carbocycles. The van der Waals surface area contributed by atoms with Gasteiger partial charge in [-0.1, -0.05) is 127 Å². The van der Waals surface area contributed by atoms with Crippen LogP contribution in [-0.4, -0.2) is 9.13 Å². The first-order valence-electron chi connectivity index (χ1n) is 19.6. The van der Waals surface area contributed by atoms with Crippen molar-refractivity contribution in [3.8, 4) is 33.6 Å². The molecule has 0 spiro atoms. The van der Waals surface area contributed by atoms with Gasteiger partial charge in [0.2, 0.25) is 0 Å². The maximum atomic E-state index is 6.41. The van der Waals surface area contributed by atoms with E-state index in [4.69, 9.17) is 4.42 Å². The minimum absolute atomic E-state index is 0.933. The maximum Gasteiger partial charge on any atom is 0.136 e. The van der Waals surface area contributed by atoms with E-state index in [1.165, 1.54) is 104 Å². The smallest absolute Gasteiger partial charge is 0.136 e. The molecular weight excluding hydrogens is 693 g/mol. The number of benzene rings is 10. The van der Waals surface area contributed by atoms with Crippen molar-refractivity contribution < 1.29 is 4.42 Å². The van der Waals surface area contributed by atoms with Gasteiger partial charge in [-0.05, 0) is 105 Å². The molecule has 10 aromatic carbocycles. The Hall–Kier alpha value is -7.62. The minimum Gasteiger partial charge on any atom is -0.456 e. The molecule has 0 aliphatic rings. The number of fused-ring (bicyclic) bond motifs is 9. The summed E-state index contributed by atoms with van der Waals surface area (Å²) in [7, 11) is 0. The Morgan fingerprint density at radius 3 is 1.51 bits per heavy atom. The monoisotopic (exact) mass is 724 g/mol. The number of hydrogen-bond donors (Lipinski definition) is 0. The fraction of sp³-hybridized carbons (Fsp3) is 0. The van der Waals surface area contributed by atoms with Crippen LogP contribution in [0.4, 0.5) is 0 Å². The molecule has 13 rings (SSSR count). The Labute approximate surface area is 327 Å². The summed E-state index contributed by atoms with van der Waals surface area (Å²) >= 11 is 0. The zero-order chi connectivity index (χ0) is 37.2. The molecule has 0 amide bonds. The van der Waals surface area contributed by atoms with E-state index in [1.807, 2.05) is 0 Å². The Balaban J connectivity index is 1.03. The topological polar surface area (TPSA) is 23.0 Å². The first-order valence-corrected chi connectivity index (χ1v) is 19.6. The Morgan fingerprint density at radius 2 is 0.789 bits per heavy atom. The van der Waals surface area contributed by atoms with Crippen LogP contribution in [0.3, 0.4) is 0 Å². The summed E-state index contributed by atoms with van der Waals surface area (Å²) in [4.78, 5) is 0. The van der Waals surface area contributed by atoms with Gasteiger partial charge < -0.3 is 13.6 Å². The van der Waals surface area contributed by atoms with Crippen LogP contribution in [0.15, 0.2) is 199 Å². The van der Waals surface area contributed by atoms with Crippen LogP contribution >= 0.6 is 0 Å². The standard InChI is InChI=1S/C54H32N2O/c1-2-13-35(14-3-1)55-45-22-7-5-16-37(45)43-31-33(27-29-48(43)55)34-28-30-49-44(32-34)38-17-6-9-24-47(38)56(49)46-23-8-4-15-36(46)39-18-10-19-40-41-20-11-25-50-53(41)54-42(52(39)40)21-12-26-51(54)57-50/h1-32H. The second-order valence-corrected chi connectivity index (χ2v) is 15.2.